The zero-order valence-electron chi connectivity index (χ0n) is 13.9. The van der Waals surface area contributed by atoms with Crippen molar-refractivity contribution in [2.75, 3.05) is 6.54 Å². The van der Waals surface area contributed by atoms with Crippen LogP contribution in [0.1, 0.15) is 22.2 Å². The van der Waals surface area contributed by atoms with Crippen molar-refractivity contribution in [3.8, 4) is 5.69 Å². The molecule has 0 aliphatic rings. The maximum Gasteiger partial charge on any atom is 0.273 e. The number of rotatable bonds is 5. The summed E-state index contributed by atoms with van der Waals surface area (Å²) >= 11 is 5.82. The van der Waals surface area contributed by atoms with Gasteiger partial charge in [0, 0.05) is 17.0 Å². The van der Waals surface area contributed by atoms with Gasteiger partial charge in [0.05, 0.1) is 30.4 Å². The van der Waals surface area contributed by atoms with Crippen molar-refractivity contribution >= 4 is 28.5 Å². The van der Waals surface area contributed by atoms with Crippen LogP contribution in [0, 0.1) is 0 Å². The second kappa shape index (κ2) is 7.14. The molecule has 136 valence electrons. The van der Waals surface area contributed by atoms with Crippen LogP contribution < -0.4 is 5.32 Å². The minimum atomic E-state index is -0.853. The van der Waals surface area contributed by atoms with E-state index in [1.165, 1.54) is 10.9 Å². The lowest BCUT2D eigenvalue weighted by Gasteiger charge is -2.11. The fourth-order valence-electron chi connectivity index (χ4n) is 2.53. The standard InChI is InChI=1S/C17H14ClN7O2/c18-12-3-1-10(2-4-12)15(26)8-20-17(27)14-9-25(24-22-14)13-5-11-6-21-23-16(11)19-7-13/h1-7,9,15,26H,8H2,(H,20,27)(H,19,21,23). The van der Waals surface area contributed by atoms with Gasteiger partial charge in [0.15, 0.2) is 11.3 Å². The number of fused-ring (bicyclic) bond motifs is 1. The lowest BCUT2D eigenvalue weighted by Crippen LogP contribution is -2.28. The van der Waals surface area contributed by atoms with E-state index in [4.69, 9.17) is 11.6 Å². The first-order chi connectivity index (χ1) is 13.1. The Labute approximate surface area is 158 Å². The number of amides is 1. The van der Waals surface area contributed by atoms with Crippen molar-refractivity contribution in [2.45, 2.75) is 6.10 Å². The van der Waals surface area contributed by atoms with Crippen LogP contribution in [0.25, 0.3) is 16.7 Å². The zero-order valence-corrected chi connectivity index (χ0v) is 14.6. The third-order valence-corrected chi connectivity index (χ3v) is 4.23. The number of aromatic nitrogens is 6. The Kier molecular flexibility index (Phi) is 4.53. The average molecular weight is 384 g/mol. The van der Waals surface area contributed by atoms with Crippen molar-refractivity contribution in [1.29, 1.82) is 0 Å². The van der Waals surface area contributed by atoms with Gasteiger partial charge in [0.25, 0.3) is 5.91 Å². The summed E-state index contributed by atoms with van der Waals surface area (Å²) in [6.07, 6.45) is 3.89. The van der Waals surface area contributed by atoms with Crippen LogP contribution >= 0.6 is 11.6 Å². The van der Waals surface area contributed by atoms with Gasteiger partial charge < -0.3 is 10.4 Å². The van der Waals surface area contributed by atoms with E-state index in [-0.39, 0.29) is 12.2 Å². The molecule has 4 aromatic rings. The number of carbonyl (C=O) groups excluding carboxylic acids is 1. The average Bonchev–Trinajstić information content (AvgIpc) is 3.35. The van der Waals surface area contributed by atoms with E-state index in [2.05, 4.69) is 30.8 Å². The summed E-state index contributed by atoms with van der Waals surface area (Å²) in [7, 11) is 0. The molecule has 0 saturated carbocycles. The molecule has 1 unspecified atom stereocenters. The molecule has 1 aromatic carbocycles. The SMILES string of the molecule is O=C(NCC(O)c1ccc(Cl)cc1)c1cn(-c2cnc3[nH]ncc3c2)nn1. The smallest absolute Gasteiger partial charge is 0.273 e. The second-order valence-electron chi connectivity index (χ2n) is 5.83. The minimum absolute atomic E-state index is 0.0376. The largest absolute Gasteiger partial charge is 0.387 e. The quantitative estimate of drug-likeness (QED) is 0.481. The van der Waals surface area contributed by atoms with Crippen LogP contribution in [0.5, 0.6) is 0 Å². The molecule has 9 nitrogen and oxygen atoms in total. The van der Waals surface area contributed by atoms with Crippen molar-refractivity contribution in [2.24, 2.45) is 0 Å². The second-order valence-corrected chi connectivity index (χ2v) is 6.26. The number of nitrogens with one attached hydrogen (secondary N) is 2. The number of H-pyrrole nitrogens is 1. The molecule has 1 atom stereocenters. The van der Waals surface area contributed by atoms with Gasteiger partial charge >= 0.3 is 0 Å². The summed E-state index contributed by atoms with van der Waals surface area (Å²) in [6, 6.07) is 8.59. The Hall–Kier alpha value is -3.30. The Morgan fingerprint density at radius 1 is 1.30 bits per heavy atom. The number of nitrogens with zero attached hydrogens (tertiary/aromatic N) is 5. The van der Waals surface area contributed by atoms with Crippen molar-refractivity contribution in [1.82, 2.24) is 35.5 Å². The van der Waals surface area contributed by atoms with E-state index in [0.717, 1.165) is 5.39 Å². The third kappa shape index (κ3) is 3.64. The van der Waals surface area contributed by atoms with Gasteiger partial charge in [-0.2, -0.15) is 5.10 Å². The molecule has 27 heavy (non-hydrogen) atoms. The normalized spacial score (nSPS) is 12.2. The third-order valence-electron chi connectivity index (χ3n) is 3.98. The molecule has 0 bridgehead atoms. The first-order valence-electron chi connectivity index (χ1n) is 8.04. The molecular formula is C17H14ClN7O2. The molecule has 0 fully saturated rings. The summed E-state index contributed by atoms with van der Waals surface area (Å²) in [4.78, 5) is 16.5. The van der Waals surface area contributed by atoms with Crippen LogP contribution in [0.3, 0.4) is 0 Å². The Bertz CT molecular complexity index is 1090. The molecule has 0 radical (unpaired) electrons. The molecule has 0 aliphatic carbocycles. The van der Waals surface area contributed by atoms with E-state index in [9.17, 15) is 9.90 Å². The van der Waals surface area contributed by atoms with Crippen LogP contribution in [-0.2, 0) is 0 Å². The highest BCUT2D eigenvalue weighted by atomic mass is 35.5. The maximum atomic E-state index is 12.3. The van der Waals surface area contributed by atoms with Crippen LogP contribution in [0.15, 0.2) is 48.9 Å². The van der Waals surface area contributed by atoms with Crippen molar-refractivity contribution < 1.29 is 9.90 Å². The monoisotopic (exact) mass is 383 g/mol. The summed E-state index contributed by atoms with van der Waals surface area (Å²) in [6.45, 7) is 0.0376. The van der Waals surface area contributed by atoms with Crippen molar-refractivity contribution in [3.63, 3.8) is 0 Å². The maximum absolute atomic E-state index is 12.3. The van der Waals surface area contributed by atoms with Gasteiger partial charge in [-0.05, 0) is 23.8 Å². The summed E-state index contributed by atoms with van der Waals surface area (Å²) in [5.74, 6) is -0.438. The molecule has 0 saturated heterocycles. The number of pyridine rings is 1. The van der Waals surface area contributed by atoms with Crippen LogP contribution in [0.2, 0.25) is 5.02 Å². The predicted octanol–water partition coefficient (Wildman–Crippen LogP) is 1.66. The number of hydrogen-bond donors (Lipinski definition) is 3. The highest BCUT2D eigenvalue weighted by molar-refractivity contribution is 6.30. The minimum Gasteiger partial charge on any atom is -0.387 e. The molecule has 1 amide bonds. The highest BCUT2D eigenvalue weighted by Crippen LogP contribution is 2.16. The van der Waals surface area contributed by atoms with Crippen molar-refractivity contribution in [3.05, 3.63) is 65.2 Å². The van der Waals surface area contributed by atoms with Gasteiger partial charge in [-0.1, -0.05) is 28.9 Å². The predicted molar refractivity (Wildman–Crippen MR) is 97.6 cm³/mol. The molecular weight excluding hydrogens is 370 g/mol. The highest BCUT2D eigenvalue weighted by Gasteiger charge is 2.14. The first-order valence-corrected chi connectivity index (χ1v) is 8.41. The van der Waals surface area contributed by atoms with Gasteiger partial charge in [0.1, 0.15) is 0 Å². The zero-order chi connectivity index (χ0) is 18.8. The summed E-state index contributed by atoms with van der Waals surface area (Å²) in [5.41, 5.74) is 2.10. The Balaban J connectivity index is 1.43. The van der Waals surface area contributed by atoms with Gasteiger partial charge in [-0.3, -0.25) is 9.89 Å². The van der Waals surface area contributed by atoms with Crippen LogP contribution in [0.4, 0.5) is 0 Å². The molecule has 3 heterocycles. The van der Waals surface area contributed by atoms with E-state index in [1.54, 1.807) is 36.7 Å². The van der Waals surface area contributed by atoms with Gasteiger partial charge in [0.2, 0.25) is 0 Å². The van der Waals surface area contributed by atoms with Gasteiger partial charge in [-0.15, -0.1) is 5.10 Å². The van der Waals surface area contributed by atoms with Gasteiger partial charge in [-0.25, -0.2) is 9.67 Å². The van der Waals surface area contributed by atoms with E-state index >= 15 is 0 Å². The number of hydrogen-bond acceptors (Lipinski definition) is 6. The first kappa shape index (κ1) is 17.1. The number of aliphatic hydroxyl groups excluding tert-OH is 1. The fourth-order valence-corrected chi connectivity index (χ4v) is 2.65. The lowest BCUT2D eigenvalue weighted by molar-refractivity contribution is 0.0911. The number of carbonyl (C=O) groups is 1. The topological polar surface area (TPSA) is 122 Å². The Morgan fingerprint density at radius 3 is 2.93 bits per heavy atom. The molecule has 0 spiro atoms. The molecule has 10 heteroatoms. The fraction of sp³-hybridized carbons (Fsp3) is 0.118. The summed E-state index contributed by atoms with van der Waals surface area (Å²) in [5, 5.41) is 28.7. The van der Waals surface area contributed by atoms with E-state index in [0.29, 0.717) is 21.9 Å². The Morgan fingerprint density at radius 2 is 2.11 bits per heavy atom. The molecule has 3 N–H and O–H groups in total. The number of benzene rings is 1. The summed E-state index contributed by atoms with van der Waals surface area (Å²) < 4.78 is 1.45. The molecule has 4 rings (SSSR count). The van der Waals surface area contributed by atoms with Crippen LogP contribution in [-0.4, -0.2) is 47.7 Å². The number of aromatic amines is 1. The number of aliphatic hydroxyl groups is 1. The lowest BCUT2D eigenvalue weighted by atomic mass is 10.1. The van der Waals surface area contributed by atoms with E-state index < -0.39 is 12.0 Å². The molecule has 3 aromatic heterocycles. The molecule has 0 aliphatic heterocycles. The van der Waals surface area contributed by atoms with E-state index in [1.807, 2.05) is 6.07 Å². The number of halogens is 1.